The molecule has 0 radical (unpaired) electrons. The van der Waals surface area contributed by atoms with Crippen LogP contribution in [0.2, 0.25) is 0 Å². The van der Waals surface area contributed by atoms with Crippen LogP contribution in [-0.4, -0.2) is 19.3 Å². The number of benzene rings is 2. The van der Waals surface area contributed by atoms with E-state index in [0.29, 0.717) is 16.7 Å². The molecule has 142 valence electrons. The molecule has 0 bridgehead atoms. The third kappa shape index (κ3) is 4.22. The summed E-state index contributed by atoms with van der Waals surface area (Å²) in [6.07, 6.45) is 0. The number of fused-ring (bicyclic) bond motifs is 1. The van der Waals surface area contributed by atoms with Crippen LogP contribution >= 0.6 is 11.3 Å². The average molecular weight is 411 g/mol. The van der Waals surface area contributed by atoms with E-state index in [-0.39, 0.29) is 17.5 Å². The van der Waals surface area contributed by atoms with Crippen molar-refractivity contribution in [1.82, 2.24) is 4.98 Å². The fraction of sp³-hybridized carbons (Fsp3) is 0.176. The van der Waals surface area contributed by atoms with Gasteiger partial charge in [0, 0.05) is 5.92 Å². The topological polar surface area (TPSA) is 88.2 Å². The zero-order chi connectivity index (χ0) is 19.8. The third-order valence-corrected chi connectivity index (χ3v) is 5.93. The molecular weight excluding hydrogens is 396 g/mol. The Morgan fingerprint density at radius 3 is 2.59 bits per heavy atom. The highest BCUT2D eigenvalue weighted by molar-refractivity contribution is 7.92. The summed E-state index contributed by atoms with van der Waals surface area (Å²) in [5.41, 5.74) is 0.595. The molecule has 2 aromatic carbocycles. The zero-order valence-corrected chi connectivity index (χ0v) is 15.9. The second-order valence-electron chi connectivity index (χ2n) is 6.03. The maximum Gasteiger partial charge on any atom is 0.264 e. The molecule has 1 aromatic heterocycles. The van der Waals surface area contributed by atoms with Gasteiger partial charge in [-0.1, -0.05) is 25.2 Å². The molecule has 0 fully saturated rings. The van der Waals surface area contributed by atoms with Crippen LogP contribution in [0.3, 0.4) is 0 Å². The first-order chi connectivity index (χ1) is 12.7. The van der Waals surface area contributed by atoms with Crippen LogP contribution in [0, 0.1) is 17.6 Å². The van der Waals surface area contributed by atoms with E-state index in [1.54, 1.807) is 19.9 Å². The van der Waals surface area contributed by atoms with Gasteiger partial charge in [-0.2, -0.15) is 0 Å². The lowest BCUT2D eigenvalue weighted by molar-refractivity contribution is -0.118. The summed E-state index contributed by atoms with van der Waals surface area (Å²) in [6, 6.07) is 6.74. The lowest BCUT2D eigenvalue weighted by Gasteiger charge is -2.09. The van der Waals surface area contributed by atoms with Crippen LogP contribution < -0.4 is 10.0 Å². The summed E-state index contributed by atoms with van der Waals surface area (Å²) in [5.74, 6) is -2.31. The molecule has 3 rings (SSSR count). The summed E-state index contributed by atoms with van der Waals surface area (Å²) in [5, 5.41) is 3.07. The molecule has 3 aromatic rings. The highest BCUT2D eigenvalue weighted by atomic mass is 32.2. The zero-order valence-electron chi connectivity index (χ0n) is 14.3. The molecule has 0 saturated heterocycles. The van der Waals surface area contributed by atoms with E-state index < -0.39 is 26.6 Å². The Morgan fingerprint density at radius 2 is 1.89 bits per heavy atom. The molecular formula is C17H15F2N3O3S2. The summed E-state index contributed by atoms with van der Waals surface area (Å²) in [4.78, 5) is 15.2. The molecule has 1 amide bonds. The van der Waals surface area contributed by atoms with E-state index in [0.717, 1.165) is 16.8 Å². The van der Waals surface area contributed by atoms with Crippen LogP contribution in [0.15, 0.2) is 41.3 Å². The van der Waals surface area contributed by atoms with Crippen molar-refractivity contribution in [2.75, 3.05) is 10.0 Å². The van der Waals surface area contributed by atoms with E-state index in [2.05, 4.69) is 15.0 Å². The van der Waals surface area contributed by atoms with Crippen molar-refractivity contribution in [3.8, 4) is 0 Å². The smallest absolute Gasteiger partial charge is 0.264 e. The Hall–Kier alpha value is -2.59. The van der Waals surface area contributed by atoms with Gasteiger partial charge in [0.2, 0.25) is 5.91 Å². The predicted octanol–water partition coefficient (Wildman–Crippen LogP) is 3.97. The fourth-order valence-electron chi connectivity index (χ4n) is 2.19. The summed E-state index contributed by atoms with van der Waals surface area (Å²) >= 11 is 1.24. The van der Waals surface area contributed by atoms with Gasteiger partial charge in [-0.25, -0.2) is 22.2 Å². The number of nitrogens with zero attached hydrogens (tertiary/aromatic N) is 1. The average Bonchev–Trinajstić information content (AvgIpc) is 2.97. The van der Waals surface area contributed by atoms with Crippen LogP contribution in [0.25, 0.3) is 10.2 Å². The van der Waals surface area contributed by atoms with Gasteiger partial charge in [-0.3, -0.25) is 9.52 Å². The van der Waals surface area contributed by atoms with Gasteiger partial charge in [0.05, 0.1) is 15.9 Å². The molecule has 0 aliphatic heterocycles. The Kier molecular flexibility index (Phi) is 5.11. The first-order valence-electron chi connectivity index (χ1n) is 7.85. The Balaban J connectivity index is 1.89. The predicted molar refractivity (Wildman–Crippen MR) is 100 cm³/mol. The standard InChI is InChI=1S/C17H15F2N3O3S2/c1-9(2)16(23)21-17-20-13-8-11(4-6-14(13)26-17)22-27(24,25)15-7-10(18)3-5-12(15)19/h3-9,22H,1-2H3,(H,20,21,23). The molecule has 0 atom stereocenters. The van der Waals surface area contributed by atoms with Crippen molar-refractivity contribution in [2.24, 2.45) is 5.92 Å². The van der Waals surface area contributed by atoms with Gasteiger partial charge in [0.1, 0.15) is 16.5 Å². The number of aromatic nitrogens is 1. The van der Waals surface area contributed by atoms with Gasteiger partial charge in [0.15, 0.2) is 5.13 Å². The number of anilines is 2. The molecule has 0 spiro atoms. The SMILES string of the molecule is CC(C)C(=O)Nc1nc2cc(NS(=O)(=O)c3cc(F)ccc3F)ccc2s1. The minimum atomic E-state index is -4.32. The number of carbonyl (C=O) groups excluding carboxylic acids is 1. The van der Waals surface area contributed by atoms with Crippen molar-refractivity contribution in [3.63, 3.8) is 0 Å². The molecule has 0 aliphatic rings. The van der Waals surface area contributed by atoms with Gasteiger partial charge >= 0.3 is 0 Å². The summed E-state index contributed by atoms with van der Waals surface area (Å²) in [6.45, 7) is 3.50. The van der Waals surface area contributed by atoms with Crippen molar-refractivity contribution in [3.05, 3.63) is 48.0 Å². The van der Waals surface area contributed by atoms with Crippen LogP contribution in [0.1, 0.15) is 13.8 Å². The second kappa shape index (κ2) is 7.20. The van der Waals surface area contributed by atoms with Crippen LogP contribution in [0.5, 0.6) is 0 Å². The number of thiazole rings is 1. The molecule has 1 heterocycles. The van der Waals surface area contributed by atoms with Gasteiger partial charge in [-0.15, -0.1) is 0 Å². The first-order valence-corrected chi connectivity index (χ1v) is 10.1. The maximum atomic E-state index is 13.8. The molecule has 0 saturated carbocycles. The van der Waals surface area contributed by atoms with E-state index >= 15 is 0 Å². The Labute approximate surface area is 158 Å². The quantitative estimate of drug-likeness (QED) is 0.665. The summed E-state index contributed by atoms with van der Waals surface area (Å²) in [7, 11) is -4.32. The monoisotopic (exact) mass is 411 g/mol. The maximum absolute atomic E-state index is 13.8. The normalized spacial score (nSPS) is 11.7. The second-order valence-corrected chi connectivity index (χ2v) is 8.71. The van der Waals surface area contributed by atoms with Crippen molar-refractivity contribution < 1.29 is 22.0 Å². The number of carbonyl (C=O) groups is 1. The molecule has 2 N–H and O–H groups in total. The molecule has 27 heavy (non-hydrogen) atoms. The third-order valence-electron chi connectivity index (χ3n) is 3.58. The Morgan fingerprint density at radius 1 is 1.15 bits per heavy atom. The number of sulfonamides is 1. The first kappa shape index (κ1) is 19.2. The van der Waals surface area contributed by atoms with Gasteiger partial charge in [0.25, 0.3) is 10.0 Å². The van der Waals surface area contributed by atoms with Gasteiger partial charge < -0.3 is 5.32 Å². The minimum Gasteiger partial charge on any atom is -0.302 e. The number of rotatable bonds is 5. The van der Waals surface area contributed by atoms with E-state index in [4.69, 9.17) is 0 Å². The fourth-order valence-corrected chi connectivity index (χ4v) is 4.18. The highest BCUT2D eigenvalue weighted by Crippen LogP contribution is 2.29. The lowest BCUT2D eigenvalue weighted by Crippen LogP contribution is -2.17. The lowest BCUT2D eigenvalue weighted by atomic mass is 10.2. The largest absolute Gasteiger partial charge is 0.302 e. The highest BCUT2D eigenvalue weighted by Gasteiger charge is 2.20. The molecule has 6 nitrogen and oxygen atoms in total. The molecule has 0 unspecified atom stereocenters. The van der Waals surface area contributed by atoms with Crippen molar-refractivity contribution >= 4 is 48.3 Å². The number of amides is 1. The number of hydrogen-bond acceptors (Lipinski definition) is 5. The van der Waals surface area contributed by atoms with Crippen LogP contribution in [0.4, 0.5) is 19.6 Å². The number of halogens is 2. The van der Waals surface area contributed by atoms with E-state index in [1.807, 2.05) is 0 Å². The summed E-state index contributed by atoms with van der Waals surface area (Å²) < 4.78 is 54.7. The minimum absolute atomic E-state index is 0.137. The molecule has 0 aliphatic carbocycles. The van der Waals surface area contributed by atoms with E-state index in [9.17, 15) is 22.0 Å². The van der Waals surface area contributed by atoms with E-state index in [1.165, 1.54) is 23.5 Å². The number of nitrogens with one attached hydrogen (secondary N) is 2. The van der Waals surface area contributed by atoms with Crippen molar-refractivity contribution in [1.29, 1.82) is 0 Å². The van der Waals surface area contributed by atoms with Crippen molar-refractivity contribution in [2.45, 2.75) is 18.7 Å². The number of hydrogen-bond donors (Lipinski definition) is 2. The van der Waals surface area contributed by atoms with Gasteiger partial charge in [-0.05, 0) is 36.4 Å². The Bertz CT molecular complexity index is 1130. The molecule has 10 heteroatoms. The van der Waals surface area contributed by atoms with Crippen LogP contribution in [-0.2, 0) is 14.8 Å².